The number of amides is 2. The molecule has 2 aromatic carbocycles. The molecular formula is C31H46BrN3O2S. The number of rotatable bonds is 18. The fourth-order valence-electron chi connectivity index (χ4n) is 4.44. The number of hydrogen-bond acceptors (Lipinski definition) is 4. The Hall–Kier alpha value is -2.12. The minimum atomic E-state index is -0.270. The highest BCUT2D eigenvalue weighted by Gasteiger charge is 2.09. The van der Waals surface area contributed by atoms with Gasteiger partial charge < -0.3 is 20.3 Å². The van der Waals surface area contributed by atoms with E-state index in [1.165, 1.54) is 76.2 Å². The summed E-state index contributed by atoms with van der Waals surface area (Å²) < 4.78 is 6.00. The minimum absolute atomic E-state index is 0. The molecule has 2 N–H and O–H groups in total. The third kappa shape index (κ3) is 13.1. The van der Waals surface area contributed by atoms with Crippen molar-refractivity contribution in [1.82, 2.24) is 4.90 Å². The number of hydrogen-bond donors (Lipinski definition) is 2. The molecule has 2 aromatic rings. The lowest BCUT2D eigenvalue weighted by Gasteiger charge is -2.15. The van der Waals surface area contributed by atoms with Crippen LogP contribution in [-0.2, 0) is 6.54 Å². The number of para-hydroxylation sites is 2. The number of benzene rings is 2. The van der Waals surface area contributed by atoms with E-state index in [0.29, 0.717) is 18.0 Å². The second-order valence-corrected chi connectivity index (χ2v) is 10.7. The zero-order valence-corrected chi connectivity index (χ0v) is 25.5. The minimum Gasteiger partial charge on any atom is -0.491 e. The lowest BCUT2D eigenvalue weighted by Crippen LogP contribution is -2.20. The Balaban J connectivity index is 0.00000507. The van der Waals surface area contributed by atoms with E-state index in [2.05, 4.69) is 46.2 Å². The molecule has 38 heavy (non-hydrogen) atoms. The highest BCUT2D eigenvalue weighted by atomic mass is 79.9. The van der Waals surface area contributed by atoms with Gasteiger partial charge in [0.05, 0.1) is 18.2 Å². The Morgan fingerprint density at radius 3 is 2.11 bits per heavy atom. The summed E-state index contributed by atoms with van der Waals surface area (Å²) in [6.07, 6.45) is 18.0. The number of ether oxygens (including phenoxy) is 1. The third-order valence-corrected chi connectivity index (χ3v) is 7.39. The van der Waals surface area contributed by atoms with E-state index in [1.54, 1.807) is 11.8 Å². The van der Waals surface area contributed by atoms with Crippen molar-refractivity contribution in [2.24, 2.45) is 0 Å². The Bertz CT molecular complexity index is 939. The summed E-state index contributed by atoms with van der Waals surface area (Å²) in [5.41, 5.74) is 2.67. The molecule has 0 saturated carbocycles. The van der Waals surface area contributed by atoms with Gasteiger partial charge in [0, 0.05) is 18.4 Å². The summed E-state index contributed by atoms with van der Waals surface area (Å²) in [4.78, 5) is 14.8. The van der Waals surface area contributed by atoms with Gasteiger partial charge in [0.1, 0.15) is 5.75 Å². The molecule has 0 radical (unpaired) electrons. The lowest BCUT2D eigenvalue weighted by molar-refractivity contribution is 0.261. The van der Waals surface area contributed by atoms with Crippen LogP contribution in [0.3, 0.4) is 0 Å². The first-order valence-corrected chi connectivity index (χ1v) is 15.2. The standard InChI is InChI=1S/C31H45N3O2S.BrH/c1-2-3-4-5-6-7-8-9-10-11-12-15-23-36-30-17-14-13-16-29(30)33-31(35)32-28-20-18-27(19-21-28)25-34-22-24-37-26-34;/h13-14,16-22,24H,2-12,15,23,25-26H2,1H3,(H2,32,33,35);1H. The van der Waals surface area contributed by atoms with Crippen LogP contribution in [0.1, 0.15) is 89.5 Å². The van der Waals surface area contributed by atoms with Crippen molar-refractivity contribution < 1.29 is 9.53 Å². The maximum absolute atomic E-state index is 12.6. The third-order valence-electron chi connectivity index (χ3n) is 6.60. The highest BCUT2D eigenvalue weighted by molar-refractivity contribution is 8.93. The second kappa shape index (κ2) is 19.9. The SMILES string of the molecule is Br.CCCCCCCCCCCCCCOc1ccccc1NC(=O)Nc1ccc(CN2C=CSC2)cc1. The maximum atomic E-state index is 12.6. The van der Waals surface area contributed by atoms with Crippen molar-refractivity contribution in [2.75, 3.05) is 23.1 Å². The summed E-state index contributed by atoms with van der Waals surface area (Å²) in [6, 6.07) is 15.4. The summed E-state index contributed by atoms with van der Waals surface area (Å²) in [5, 5.41) is 7.96. The first kappa shape index (κ1) is 32.1. The summed E-state index contributed by atoms with van der Waals surface area (Å²) in [6.45, 7) is 3.82. The van der Waals surface area contributed by atoms with Gasteiger partial charge >= 0.3 is 6.03 Å². The first-order valence-electron chi connectivity index (χ1n) is 14.2. The van der Waals surface area contributed by atoms with Gasteiger partial charge in [-0.2, -0.15) is 0 Å². The van der Waals surface area contributed by atoms with Crippen molar-refractivity contribution in [1.29, 1.82) is 0 Å². The van der Waals surface area contributed by atoms with Crippen molar-refractivity contribution in [3.05, 3.63) is 65.7 Å². The molecule has 210 valence electrons. The molecule has 7 heteroatoms. The maximum Gasteiger partial charge on any atom is 0.323 e. The summed E-state index contributed by atoms with van der Waals surface area (Å²) in [7, 11) is 0. The Kier molecular flexibility index (Phi) is 16.8. The van der Waals surface area contributed by atoms with Crippen molar-refractivity contribution >= 4 is 46.1 Å². The van der Waals surface area contributed by atoms with Gasteiger partial charge in [0.15, 0.2) is 0 Å². The fraction of sp³-hybridized carbons (Fsp3) is 0.516. The van der Waals surface area contributed by atoms with Gasteiger partial charge in [-0.05, 0) is 41.7 Å². The predicted octanol–water partition coefficient (Wildman–Crippen LogP) is 9.97. The number of unbranched alkanes of at least 4 members (excludes halogenated alkanes) is 11. The molecule has 0 atom stereocenters. The van der Waals surface area contributed by atoms with Crippen LogP contribution < -0.4 is 15.4 Å². The van der Waals surface area contributed by atoms with E-state index >= 15 is 0 Å². The van der Waals surface area contributed by atoms with Crippen LogP contribution in [0, 0.1) is 0 Å². The van der Waals surface area contributed by atoms with Crippen LogP contribution in [0.25, 0.3) is 0 Å². The summed E-state index contributed by atoms with van der Waals surface area (Å²) >= 11 is 1.80. The van der Waals surface area contributed by atoms with Gasteiger partial charge in [-0.15, -0.1) is 28.7 Å². The number of carbonyl (C=O) groups excluding carboxylic acids is 1. The number of halogens is 1. The Labute approximate surface area is 244 Å². The normalized spacial score (nSPS) is 12.3. The molecule has 0 aliphatic carbocycles. The van der Waals surface area contributed by atoms with E-state index in [9.17, 15) is 4.79 Å². The molecule has 1 aliphatic heterocycles. The van der Waals surface area contributed by atoms with E-state index in [0.717, 1.165) is 24.5 Å². The number of thioether (sulfide) groups is 1. The topological polar surface area (TPSA) is 53.6 Å². The molecule has 1 aliphatic rings. The summed E-state index contributed by atoms with van der Waals surface area (Å²) in [5.74, 6) is 1.70. The number of nitrogens with zero attached hydrogens (tertiary/aromatic N) is 1. The molecule has 5 nitrogen and oxygen atoms in total. The zero-order valence-electron chi connectivity index (χ0n) is 23.0. The number of nitrogens with one attached hydrogen (secondary N) is 2. The highest BCUT2D eigenvalue weighted by Crippen LogP contribution is 2.25. The Morgan fingerprint density at radius 2 is 1.47 bits per heavy atom. The Morgan fingerprint density at radius 1 is 0.842 bits per heavy atom. The molecule has 3 rings (SSSR count). The molecule has 0 unspecified atom stereocenters. The van der Waals surface area contributed by atoms with Crippen molar-refractivity contribution in [2.45, 2.75) is 90.5 Å². The van der Waals surface area contributed by atoms with Crippen LogP contribution in [-0.4, -0.2) is 23.4 Å². The van der Waals surface area contributed by atoms with Gasteiger partial charge in [0.2, 0.25) is 0 Å². The zero-order chi connectivity index (χ0) is 26.0. The average Bonchev–Trinajstić information content (AvgIpc) is 3.42. The van der Waals surface area contributed by atoms with E-state index < -0.39 is 0 Å². The predicted molar refractivity (Wildman–Crippen MR) is 170 cm³/mol. The molecule has 0 fully saturated rings. The molecule has 2 amide bonds. The van der Waals surface area contributed by atoms with Crippen LogP contribution in [0.2, 0.25) is 0 Å². The average molecular weight is 605 g/mol. The van der Waals surface area contributed by atoms with E-state index in [1.807, 2.05) is 36.4 Å². The molecule has 0 spiro atoms. The van der Waals surface area contributed by atoms with Gasteiger partial charge in [0.25, 0.3) is 0 Å². The van der Waals surface area contributed by atoms with Gasteiger partial charge in [-0.3, -0.25) is 0 Å². The lowest BCUT2D eigenvalue weighted by atomic mass is 10.1. The smallest absolute Gasteiger partial charge is 0.323 e. The van der Waals surface area contributed by atoms with E-state index in [-0.39, 0.29) is 23.0 Å². The molecule has 0 aromatic heterocycles. The van der Waals surface area contributed by atoms with Crippen LogP contribution in [0.5, 0.6) is 5.75 Å². The van der Waals surface area contributed by atoms with Gasteiger partial charge in [-0.25, -0.2) is 4.79 Å². The fourth-order valence-corrected chi connectivity index (χ4v) is 5.16. The number of carbonyl (C=O) groups is 1. The van der Waals surface area contributed by atoms with Crippen LogP contribution in [0.15, 0.2) is 60.1 Å². The largest absolute Gasteiger partial charge is 0.491 e. The van der Waals surface area contributed by atoms with Gasteiger partial charge in [-0.1, -0.05) is 102 Å². The van der Waals surface area contributed by atoms with Crippen molar-refractivity contribution in [3.63, 3.8) is 0 Å². The molecule has 0 saturated heterocycles. The van der Waals surface area contributed by atoms with Crippen LogP contribution in [0.4, 0.5) is 16.2 Å². The molecule has 1 heterocycles. The second-order valence-electron chi connectivity index (χ2n) is 9.84. The molecular weight excluding hydrogens is 558 g/mol. The molecule has 0 bridgehead atoms. The number of urea groups is 1. The number of anilines is 2. The quantitative estimate of drug-likeness (QED) is 0.166. The first-order chi connectivity index (χ1) is 18.2. The van der Waals surface area contributed by atoms with Crippen molar-refractivity contribution in [3.8, 4) is 5.75 Å². The van der Waals surface area contributed by atoms with Crippen LogP contribution >= 0.6 is 28.7 Å². The monoisotopic (exact) mass is 603 g/mol. The van der Waals surface area contributed by atoms with E-state index in [4.69, 9.17) is 4.74 Å².